The number of rotatable bonds is 3. The van der Waals surface area contributed by atoms with Gasteiger partial charge in [-0.25, -0.2) is 0 Å². The molecule has 9 heteroatoms. The molecule has 0 aliphatic heterocycles. The van der Waals surface area contributed by atoms with Crippen LogP contribution >= 0.6 is 0 Å². The van der Waals surface area contributed by atoms with Crippen LogP contribution in [-0.2, 0) is 22.7 Å². The fraction of sp³-hybridized carbons (Fsp3) is 0.611. The van der Waals surface area contributed by atoms with Crippen LogP contribution < -0.4 is 11.1 Å². The lowest BCUT2D eigenvalue weighted by Gasteiger charge is -2.33. The molecular weight excluding hydrogens is 374 g/mol. The zero-order valence-corrected chi connectivity index (χ0v) is 15.0. The van der Waals surface area contributed by atoms with Crippen molar-refractivity contribution in [2.45, 2.75) is 63.5 Å². The summed E-state index contributed by atoms with van der Waals surface area (Å²) in [6.07, 6.45) is -7.01. The Morgan fingerprint density at radius 2 is 1.37 bits per heavy atom. The summed E-state index contributed by atoms with van der Waals surface area (Å²) in [5.41, 5.74) is 1.41. The molecule has 2 rings (SSSR count). The monoisotopic (exact) mass is 396 g/mol. The van der Waals surface area contributed by atoms with Crippen LogP contribution in [0.15, 0.2) is 18.2 Å². The Hall–Kier alpha value is -1.77. The van der Waals surface area contributed by atoms with E-state index in [0.717, 1.165) is 12.8 Å². The van der Waals surface area contributed by atoms with Crippen molar-refractivity contribution in [3.63, 3.8) is 0 Å². The summed E-state index contributed by atoms with van der Waals surface area (Å²) >= 11 is 0. The Bertz CT molecular complexity index is 664. The maximum Gasteiger partial charge on any atom is 0.416 e. The van der Waals surface area contributed by atoms with Gasteiger partial charge in [0.15, 0.2) is 0 Å². The van der Waals surface area contributed by atoms with Crippen molar-refractivity contribution in [3.05, 3.63) is 34.9 Å². The molecule has 1 saturated carbocycles. The number of carbonyl (C=O) groups excluding carboxylic acids is 1. The van der Waals surface area contributed by atoms with E-state index in [1.807, 2.05) is 0 Å². The fourth-order valence-corrected chi connectivity index (χ4v) is 3.27. The van der Waals surface area contributed by atoms with E-state index in [9.17, 15) is 31.1 Å². The number of nitrogens with two attached hydrogens (primary N) is 1. The van der Waals surface area contributed by atoms with Gasteiger partial charge in [-0.15, -0.1) is 0 Å². The van der Waals surface area contributed by atoms with Gasteiger partial charge < -0.3 is 11.1 Å². The Morgan fingerprint density at radius 3 is 1.81 bits per heavy atom. The first-order valence-electron chi connectivity index (χ1n) is 8.59. The number of benzene rings is 1. The average Bonchev–Trinajstić information content (AvgIpc) is 2.52. The lowest BCUT2D eigenvalue weighted by atomic mass is 9.83. The van der Waals surface area contributed by atoms with Crippen molar-refractivity contribution in [3.8, 4) is 0 Å². The standard InChI is InChI=1S/C18H22F6N2O/c1-16(2,26-15(27)13-5-3-4-6-14(13)25)10-7-11(17(19,20)21)9-12(8-10)18(22,23)24/h7-9,13-14H,3-6,25H2,1-2H3,(H,26,27)/t13?,14-/m1/s1. The molecule has 27 heavy (non-hydrogen) atoms. The molecule has 1 aromatic carbocycles. The minimum Gasteiger partial charge on any atom is -0.347 e. The third-order valence-corrected chi connectivity index (χ3v) is 4.90. The van der Waals surface area contributed by atoms with Crippen LogP contribution in [0.4, 0.5) is 26.3 Å². The van der Waals surface area contributed by atoms with E-state index in [4.69, 9.17) is 5.73 Å². The molecule has 1 unspecified atom stereocenters. The third-order valence-electron chi connectivity index (χ3n) is 4.90. The van der Waals surface area contributed by atoms with Crippen molar-refractivity contribution in [1.82, 2.24) is 5.32 Å². The van der Waals surface area contributed by atoms with Gasteiger partial charge in [-0.05, 0) is 50.5 Å². The number of halogens is 6. The van der Waals surface area contributed by atoms with Crippen LogP contribution in [-0.4, -0.2) is 11.9 Å². The quantitative estimate of drug-likeness (QED) is 0.734. The largest absolute Gasteiger partial charge is 0.416 e. The number of hydrogen-bond donors (Lipinski definition) is 2. The Kier molecular flexibility index (Phi) is 5.85. The fourth-order valence-electron chi connectivity index (χ4n) is 3.27. The SMILES string of the molecule is CC(C)(NC(=O)C1CCCC[C@H]1N)c1cc(C(F)(F)F)cc(C(F)(F)F)c1. The first-order chi connectivity index (χ1) is 12.2. The first-order valence-corrected chi connectivity index (χ1v) is 8.59. The van der Waals surface area contributed by atoms with Gasteiger partial charge >= 0.3 is 12.4 Å². The van der Waals surface area contributed by atoms with Crippen molar-refractivity contribution < 1.29 is 31.1 Å². The van der Waals surface area contributed by atoms with Crippen molar-refractivity contribution in [2.24, 2.45) is 11.7 Å². The van der Waals surface area contributed by atoms with Crippen LogP contribution in [0.25, 0.3) is 0 Å². The summed E-state index contributed by atoms with van der Waals surface area (Å²) in [6, 6.07) is 0.965. The highest BCUT2D eigenvalue weighted by Gasteiger charge is 2.39. The van der Waals surface area contributed by atoms with Gasteiger partial charge in [0.25, 0.3) is 0 Å². The van der Waals surface area contributed by atoms with Crippen LogP contribution in [0, 0.1) is 5.92 Å². The predicted octanol–water partition coefficient (Wildman–Crippen LogP) is 4.59. The molecule has 3 N–H and O–H groups in total. The second-order valence-electron chi connectivity index (χ2n) is 7.46. The zero-order chi connectivity index (χ0) is 20.6. The summed E-state index contributed by atoms with van der Waals surface area (Å²) in [7, 11) is 0. The molecule has 0 spiro atoms. The number of nitrogens with one attached hydrogen (secondary N) is 1. The number of alkyl halides is 6. The Morgan fingerprint density at radius 1 is 0.926 bits per heavy atom. The molecule has 1 aromatic rings. The molecule has 1 amide bonds. The minimum atomic E-state index is -4.94. The van der Waals surface area contributed by atoms with Crippen molar-refractivity contribution in [1.29, 1.82) is 0 Å². The number of hydrogen-bond acceptors (Lipinski definition) is 2. The van der Waals surface area contributed by atoms with E-state index in [2.05, 4.69) is 5.32 Å². The van der Waals surface area contributed by atoms with Gasteiger partial charge in [-0.1, -0.05) is 12.8 Å². The van der Waals surface area contributed by atoms with Gasteiger partial charge in [-0.2, -0.15) is 26.3 Å². The number of carbonyl (C=O) groups is 1. The molecule has 0 aromatic heterocycles. The van der Waals surface area contributed by atoms with Gasteiger partial charge in [0, 0.05) is 6.04 Å². The molecule has 1 aliphatic carbocycles. The second kappa shape index (κ2) is 7.33. The van der Waals surface area contributed by atoms with E-state index in [-0.39, 0.29) is 17.7 Å². The summed E-state index contributed by atoms with van der Waals surface area (Å²) in [5.74, 6) is -0.968. The molecule has 0 saturated heterocycles. The van der Waals surface area contributed by atoms with Crippen molar-refractivity contribution >= 4 is 5.91 Å². The molecule has 0 heterocycles. The molecule has 0 radical (unpaired) electrons. The Balaban J connectivity index is 2.37. The Labute approximate surface area is 153 Å². The lowest BCUT2D eigenvalue weighted by Crippen LogP contribution is -2.49. The molecular formula is C18H22F6N2O. The van der Waals surface area contributed by atoms with E-state index >= 15 is 0 Å². The average molecular weight is 396 g/mol. The highest BCUT2D eigenvalue weighted by atomic mass is 19.4. The smallest absolute Gasteiger partial charge is 0.347 e. The summed E-state index contributed by atoms with van der Waals surface area (Å²) in [5, 5.41) is 2.58. The highest BCUT2D eigenvalue weighted by molar-refractivity contribution is 5.80. The van der Waals surface area contributed by atoms with E-state index in [0.29, 0.717) is 25.0 Å². The van der Waals surface area contributed by atoms with Crippen LogP contribution in [0.1, 0.15) is 56.2 Å². The van der Waals surface area contributed by atoms with Crippen LogP contribution in [0.3, 0.4) is 0 Å². The maximum absolute atomic E-state index is 13.1. The van der Waals surface area contributed by atoms with Gasteiger partial charge in [0.05, 0.1) is 22.6 Å². The predicted molar refractivity (Wildman–Crippen MR) is 87.5 cm³/mol. The van der Waals surface area contributed by atoms with Crippen LogP contribution in [0.2, 0.25) is 0 Å². The summed E-state index contributed by atoms with van der Waals surface area (Å²) in [6.45, 7) is 2.74. The normalized spacial score (nSPS) is 21.8. The van der Waals surface area contributed by atoms with Gasteiger partial charge in [-0.3, -0.25) is 4.79 Å². The van der Waals surface area contributed by atoms with Crippen LogP contribution in [0.5, 0.6) is 0 Å². The molecule has 0 bridgehead atoms. The van der Waals surface area contributed by atoms with Gasteiger partial charge in [0.1, 0.15) is 0 Å². The van der Waals surface area contributed by atoms with E-state index in [1.165, 1.54) is 13.8 Å². The highest BCUT2D eigenvalue weighted by Crippen LogP contribution is 2.38. The first kappa shape index (κ1) is 21.5. The van der Waals surface area contributed by atoms with Crippen molar-refractivity contribution in [2.75, 3.05) is 0 Å². The lowest BCUT2D eigenvalue weighted by molar-refractivity contribution is -0.143. The maximum atomic E-state index is 13.1. The molecule has 1 aliphatic rings. The summed E-state index contributed by atoms with van der Waals surface area (Å²) in [4.78, 5) is 12.5. The second-order valence-corrected chi connectivity index (χ2v) is 7.46. The number of amides is 1. The summed E-state index contributed by atoms with van der Waals surface area (Å²) < 4.78 is 78.3. The molecule has 1 fully saturated rings. The third kappa shape index (κ3) is 5.15. The molecule has 3 nitrogen and oxygen atoms in total. The minimum absolute atomic E-state index is 0.0679. The van der Waals surface area contributed by atoms with Gasteiger partial charge in [0.2, 0.25) is 5.91 Å². The molecule has 152 valence electrons. The topological polar surface area (TPSA) is 55.1 Å². The molecule has 2 atom stereocenters. The van der Waals surface area contributed by atoms with E-state index < -0.39 is 40.8 Å². The van der Waals surface area contributed by atoms with E-state index in [1.54, 1.807) is 0 Å². The zero-order valence-electron chi connectivity index (χ0n) is 15.0.